The molecule has 0 saturated heterocycles. The zero-order valence-corrected chi connectivity index (χ0v) is 10.3. The third-order valence-corrected chi connectivity index (χ3v) is 2.95. The summed E-state index contributed by atoms with van der Waals surface area (Å²) < 4.78 is 5.58. The minimum Gasteiger partial charge on any atom is -0.487 e. The molecule has 4 N–H and O–H groups in total. The molecule has 0 spiro atoms. The maximum absolute atomic E-state index is 5.88. The maximum atomic E-state index is 5.88. The number of aromatic nitrogens is 1. The molecule has 0 bridgehead atoms. The van der Waals surface area contributed by atoms with E-state index < -0.39 is 0 Å². The lowest BCUT2D eigenvalue weighted by Crippen LogP contribution is -2.38. The van der Waals surface area contributed by atoms with E-state index >= 15 is 0 Å². The van der Waals surface area contributed by atoms with Crippen molar-refractivity contribution in [3.63, 3.8) is 0 Å². The average Bonchev–Trinajstić information content (AvgIpc) is 2.78. The van der Waals surface area contributed by atoms with Crippen LogP contribution in [0.4, 0.5) is 5.69 Å². The SMILES string of the molecule is CC(=[NH2+])c1ccc(OCc2cscn2)cc1N. The molecule has 5 heteroatoms. The molecule has 88 valence electrons. The van der Waals surface area contributed by atoms with Crippen LogP contribution in [0, 0.1) is 0 Å². The molecule has 1 heterocycles. The van der Waals surface area contributed by atoms with Crippen LogP contribution in [0.15, 0.2) is 29.1 Å². The standard InChI is InChI=1S/C12H13N3OS/c1-8(13)11-3-2-10(4-12(11)14)16-5-9-6-17-7-15-9/h2-4,6-7,13H,5,14H2,1H3/p+1. The van der Waals surface area contributed by atoms with Gasteiger partial charge in [0.05, 0.1) is 16.8 Å². The number of hydrogen-bond donors (Lipinski definition) is 2. The Morgan fingerprint density at radius 1 is 1.53 bits per heavy atom. The average molecular weight is 248 g/mol. The quantitative estimate of drug-likeness (QED) is 0.623. The van der Waals surface area contributed by atoms with Crippen LogP contribution in [0.5, 0.6) is 5.75 Å². The fourth-order valence-corrected chi connectivity index (χ4v) is 2.00. The predicted octanol–water partition coefficient (Wildman–Crippen LogP) is 0.872. The summed E-state index contributed by atoms with van der Waals surface area (Å²) in [4.78, 5) is 4.14. The van der Waals surface area contributed by atoms with Crippen LogP contribution in [0.2, 0.25) is 0 Å². The van der Waals surface area contributed by atoms with Crippen molar-refractivity contribution in [3.8, 4) is 5.75 Å². The molecule has 1 aromatic carbocycles. The Bertz CT molecular complexity index is 523. The molecule has 0 radical (unpaired) electrons. The Morgan fingerprint density at radius 3 is 2.94 bits per heavy atom. The van der Waals surface area contributed by atoms with Gasteiger partial charge in [-0.2, -0.15) is 0 Å². The Hall–Kier alpha value is -1.88. The van der Waals surface area contributed by atoms with Gasteiger partial charge in [-0.25, -0.2) is 4.98 Å². The second-order valence-electron chi connectivity index (χ2n) is 3.70. The molecule has 2 rings (SSSR count). The van der Waals surface area contributed by atoms with Crippen molar-refractivity contribution >= 4 is 22.7 Å². The number of thiazole rings is 1. The van der Waals surface area contributed by atoms with Crippen molar-refractivity contribution in [2.75, 3.05) is 5.73 Å². The number of nitrogen functional groups attached to an aromatic ring is 1. The molecule has 0 atom stereocenters. The second kappa shape index (κ2) is 4.97. The summed E-state index contributed by atoms with van der Waals surface area (Å²) in [6.07, 6.45) is 0. The summed E-state index contributed by atoms with van der Waals surface area (Å²) in [7, 11) is 0. The smallest absolute Gasteiger partial charge is 0.179 e. The topological polar surface area (TPSA) is 73.7 Å². The summed E-state index contributed by atoms with van der Waals surface area (Å²) in [5.41, 5.74) is 10.8. The Kier molecular flexibility index (Phi) is 3.39. The van der Waals surface area contributed by atoms with Crippen LogP contribution >= 0.6 is 11.3 Å². The Labute approximate surface area is 104 Å². The Balaban J connectivity index is 2.07. The first-order chi connectivity index (χ1) is 8.16. The molecule has 0 aliphatic carbocycles. The van der Waals surface area contributed by atoms with Crippen LogP contribution in [-0.4, -0.2) is 10.7 Å². The molecule has 2 aromatic rings. The van der Waals surface area contributed by atoms with Crippen molar-refractivity contribution in [3.05, 3.63) is 40.3 Å². The molecular formula is C12H14N3OS+. The van der Waals surface area contributed by atoms with Crippen molar-refractivity contribution in [1.29, 1.82) is 0 Å². The predicted molar refractivity (Wildman–Crippen MR) is 69.0 cm³/mol. The monoisotopic (exact) mass is 248 g/mol. The van der Waals surface area contributed by atoms with Crippen molar-refractivity contribution in [2.24, 2.45) is 0 Å². The largest absolute Gasteiger partial charge is 0.487 e. The minimum atomic E-state index is 0.452. The van der Waals surface area contributed by atoms with Gasteiger partial charge >= 0.3 is 0 Å². The number of benzene rings is 1. The van der Waals surface area contributed by atoms with Crippen LogP contribution in [0.25, 0.3) is 0 Å². The molecule has 0 saturated carbocycles. The van der Waals surface area contributed by atoms with Crippen LogP contribution in [0.3, 0.4) is 0 Å². The lowest BCUT2D eigenvalue weighted by atomic mass is 10.1. The summed E-state index contributed by atoms with van der Waals surface area (Å²) >= 11 is 1.55. The van der Waals surface area contributed by atoms with E-state index in [2.05, 4.69) is 4.98 Å². The number of ether oxygens (including phenoxy) is 1. The number of nitrogens with two attached hydrogens (primary N) is 2. The zero-order chi connectivity index (χ0) is 12.3. The van der Waals surface area contributed by atoms with Crippen LogP contribution in [-0.2, 0) is 6.61 Å². The Morgan fingerprint density at radius 2 is 2.35 bits per heavy atom. The van der Waals surface area contributed by atoms with Crippen molar-refractivity contribution in [1.82, 2.24) is 4.98 Å². The van der Waals surface area contributed by atoms with Gasteiger partial charge in [0.1, 0.15) is 12.4 Å². The zero-order valence-electron chi connectivity index (χ0n) is 9.51. The molecule has 0 unspecified atom stereocenters. The normalized spacial score (nSPS) is 10.2. The van der Waals surface area contributed by atoms with Crippen molar-refractivity contribution < 1.29 is 10.1 Å². The third kappa shape index (κ3) is 2.82. The molecule has 0 amide bonds. The van der Waals surface area contributed by atoms with Gasteiger partial charge in [0.2, 0.25) is 0 Å². The molecule has 0 fully saturated rings. The van der Waals surface area contributed by atoms with Crippen molar-refractivity contribution in [2.45, 2.75) is 13.5 Å². The molecule has 1 aromatic heterocycles. The summed E-state index contributed by atoms with van der Waals surface area (Å²) in [5, 5.41) is 7.66. The van der Waals surface area contributed by atoms with Gasteiger partial charge < -0.3 is 10.5 Å². The first-order valence-corrected chi connectivity index (χ1v) is 6.10. The number of anilines is 1. The van der Waals surface area contributed by atoms with E-state index in [1.165, 1.54) is 0 Å². The second-order valence-corrected chi connectivity index (χ2v) is 4.42. The highest BCUT2D eigenvalue weighted by molar-refractivity contribution is 7.07. The minimum absolute atomic E-state index is 0.452. The first kappa shape index (κ1) is 11.6. The number of nitrogens with zero attached hydrogens (tertiary/aromatic N) is 1. The van der Waals surface area contributed by atoms with Gasteiger partial charge in [-0.15, -0.1) is 11.3 Å². The first-order valence-electron chi connectivity index (χ1n) is 5.15. The lowest BCUT2D eigenvalue weighted by molar-refractivity contribution is -0.113. The van der Waals surface area contributed by atoms with Gasteiger partial charge in [0.15, 0.2) is 5.71 Å². The van der Waals surface area contributed by atoms with E-state index in [1.807, 2.05) is 24.4 Å². The molecular weight excluding hydrogens is 234 g/mol. The summed E-state index contributed by atoms with van der Waals surface area (Å²) in [6.45, 7) is 2.27. The van der Waals surface area contributed by atoms with E-state index in [1.54, 1.807) is 22.9 Å². The van der Waals surface area contributed by atoms with E-state index in [-0.39, 0.29) is 0 Å². The molecule has 4 nitrogen and oxygen atoms in total. The van der Waals surface area contributed by atoms with Gasteiger partial charge in [-0.05, 0) is 12.1 Å². The number of rotatable bonds is 4. The lowest BCUT2D eigenvalue weighted by Gasteiger charge is -2.07. The third-order valence-electron chi connectivity index (χ3n) is 2.32. The van der Waals surface area contributed by atoms with Gasteiger partial charge in [-0.1, -0.05) is 0 Å². The molecule has 17 heavy (non-hydrogen) atoms. The van der Waals surface area contributed by atoms with E-state index in [0.29, 0.717) is 18.0 Å². The highest BCUT2D eigenvalue weighted by Gasteiger charge is 2.07. The van der Waals surface area contributed by atoms with E-state index in [0.717, 1.165) is 17.0 Å². The fraction of sp³-hybridized carbons (Fsp3) is 0.167. The van der Waals surface area contributed by atoms with Crippen LogP contribution in [0.1, 0.15) is 18.2 Å². The van der Waals surface area contributed by atoms with Gasteiger partial charge in [0, 0.05) is 24.1 Å². The molecule has 0 aliphatic heterocycles. The van der Waals surface area contributed by atoms with Gasteiger partial charge in [0.25, 0.3) is 0 Å². The highest BCUT2D eigenvalue weighted by atomic mass is 32.1. The summed E-state index contributed by atoms with van der Waals surface area (Å²) in [5.74, 6) is 0.723. The maximum Gasteiger partial charge on any atom is 0.179 e. The fourth-order valence-electron chi connectivity index (χ4n) is 1.46. The number of hydrogen-bond acceptors (Lipinski definition) is 4. The molecule has 0 aliphatic rings. The van der Waals surface area contributed by atoms with E-state index in [9.17, 15) is 0 Å². The highest BCUT2D eigenvalue weighted by Crippen LogP contribution is 2.20. The van der Waals surface area contributed by atoms with Crippen LogP contribution < -0.4 is 15.9 Å². The van der Waals surface area contributed by atoms with E-state index in [4.69, 9.17) is 15.9 Å². The summed E-state index contributed by atoms with van der Waals surface area (Å²) in [6, 6.07) is 5.49. The van der Waals surface area contributed by atoms with Gasteiger partial charge in [-0.3, -0.25) is 5.41 Å².